The molecule has 1 atom stereocenters. The highest BCUT2D eigenvalue weighted by atomic mass is 16.4. The molecule has 142 valence electrons. The topological polar surface area (TPSA) is 122 Å². The van der Waals surface area contributed by atoms with E-state index in [1.54, 1.807) is 24.3 Å². The highest BCUT2D eigenvalue weighted by Gasteiger charge is 2.29. The first kappa shape index (κ1) is 18.5. The third kappa shape index (κ3) is 4.10. The van der Waals surface area contributed by atoms with Crippen LogP contribution in [-0.2, 0) is 9.59 Å². The van der Waals surface area contributed by atoms with Crippen LogP contribution in [0, 0.1) is 5.92 Å². The minimum absolute atomic E-state index is 0.130. The average molecular weight is 372 g/mol. The molecular formula is C17H20N6O4. The lowest BCUT2D eigenvalue weighted by atomic mass is 9.98. The molecule has 2 heterocycles. The number of carboxylic acids is 1. The smallest absolute Gasteiger partial charge is 0.308 e. The first-order valence-corrected chi connectivity index (χ1v) is 8.56. The van der Waals surface area contributed by atoms with E-state index in [0.717, 1.165) is 0 Å². The van der Waals surface area contributed by atoms with Gasteiger partial charge in [-0.25, -0.2) is 0 Å². The average Bonchev–Trinajstić information content (AvgIpc) is 3.22. The molecule has 3 rings (SSSR count). The molecule has 2 amide bonds. The maximum absolute atomic E-state index is 12.8. The number of aliphatic carboxylic acids is 1. The van der Waals surface area contributed by atoms with Crippen LogP contribution in [0.3, 0.4) is 0 Å². The van der Waals surface area contributed by atoms with Gasteiger partial charge in [0.15, 0.2) is 0 Å². The molecule has 10 heteroatoms. The second kappa shape index (κ2) is 7.94. The van der Waals surface area contributed by atoms with Crippen LogP contribution in [0.25, 0.3) is 5.69 Å². The van der Waals surface area contributed by atoms with Crippen molar-refractivity contribution in [3.63, 3.8) is 0 Å². The summed E-state index contributed by atoms with van der Waals surface area (Å²) in [5, 5.41) is 20.1. The van der Waals surface area contributed by atoms with Crippen molar-refractivity contribution in [3.8, 4) is 5.69 Å². The van der Waals surface area contributed by atoms with Gasteiger partial charge in [0, 0.05) is 20.1 Å². The first-order chi connectivity index (χ1) is 13.0. The van der Waals surface area contributed by atoms with E-state index in [1.165, 1.54) is 27.9 Å². The van der Waals surface area contributed by atoms with Crippen LogP contribution in [0.4, 0.5) is 0 Å². The Bertz CT molecular complexity index is 838. The van der Waals surface area contributed by atoms with Gasteiger partial charge in [-0.05, 0) is 35.4 Å². The minimum Gasteiger partial charge on any atom is -0.481 e. The molecule has 0 bridgehead atoms. The number of piperidine rings is 1. The SMILES string of the molecule is CN(CC(=O)N1CCCC(C(=O)O)C1)C(=O)c1ccccc1-n1cnnn1. The van der Waals surface area contributed by atoms with E-state index in [2.05, 4.69) is 15.5 Å². The summed E-state index contributed by atoms with van der Waals surface area (Å²) in [6.07, 6.45) is 2.59. The predicted molar refractivity (Wildman–Crippen MR) is 93.1 cm³/mol. The number of aromatic nitrogens is 4. The van der Waals surface area contributed by atoms with Crippen molar-refractivity contribution in [1.29, 1.82) is 0 Å². The zero-order chi connectivity index (χ0) is 19.4. The van der Waals surface area contributed by atoms with Crippen LogP contribution < -0.4 is 0 Å². The second-order valence-corrected chi connectivity index (χ2v) is 6.45. The van der Waals surface area contributed by atoms with E-state index in [1.807, 2.05) is 0 Å². The van der Waals surface area contributed by atoms with Gasteiger partial charge >= 0.3 is 5.97 Å². The van der Waals surface area contributed by atoms with Crippen LogP contribution in [0.1, 0.15) is 23.2 Å². The number of carbonyl (C=O) groups is 3. The minimum atomic E-state index is -0.896. The maximum atomic E-state index is 12.8. The summed E-state index contributed by atoms with van der Waals surface area (Å²) in [6, 6.07) is 6.83. The highest BCUT2D eigenvalue weighted by Crippen LogP contribution is 2.18. The molecule has 27 heavy (non-hydrogen) atoms. The number of para-hydroxylation sites is 1. The largest absolute Gasteiger partial charge is 0.481 e. The van der Waals surface area contributed by atoms with Crippen molar-refractivity contribution in [3.05, 3.63) is 36.2 Å². The van der Waals surface area contributed by atoms with Gasteiger partial charge in [0.05, 0.1) is 23.7 Å². The predicted octanol–water partition coefficient (Wildman–Crippen LogP) is 0.0575. The van der Waals surface area contributed by atoms with Crippen LogP contribution >= 0.6 is 0 Å². The lowest BCUT2D eigenvalue weighted by molar-refractivity contribution is -0.145. The highest BCUT2D eigenvalue weighted by molar-refractivity contribution is 5.99. The van der Waals surface area contributed by atoms with Gasteiger partial charge in [0.25, 0.3) is 5.91 Å². The van der Waals surface area contributed by atoms with E-state index >= 15 is 0 Å². The van der Waals surface area contributed by atoms with Crippen LogP contribution in [-0.4, -0.2) is 79.6 Å². The number of nitrogens with zero attached hydrogens (tertiary/aromatic N) is 6. The summed E-state index contributed by atoms with van der Waals surface area (Å²) < 4.78 is 1.38. The fourth-order valence-corrected chi connectivity index (χ4v) is 3.11. The molecule has 0 aliphatic carbocycles. The van der Waals surface area contributed by atoms with Crippen molar-refractivity contribution < 1.29 is 19.5 Å². The number of likely N-dealkylation sites (tertiary alicyclic amines) is 1. The Morgan fingerprint density at radius 2 is 2.07 bits per heavy atom. The standard InChI is InChI=1S/C17H20N6O4/c1-21(10-15(24)22-8-4-5-12(9-22)17(26)27)16(25)13-6-2-3-7-14(13)23-11-18-19-20-23/h2-3,6-7,11-12H,4-5,8-10H2,1H3,(H,26,27). The Hall–Kier alpha value is -3.30. The summed E-state index contributed by atoms with van der Waals surface area (Å²) in [7, 11) is 1.54. The molecule has 1 N–H and O–H groups in total. The zero-order valence-electron chi connectivity index (χ0n) is 14.9. The summed E-state index contributed by atoms with van der Waals surface area (Å²) >= 11 is 0. The number of likely N-dealkylation sites (N-methyl/N-ethyl adjacent to an activating group) is 1. The van der Waals surface area contributed by atoms with Gasteiger partial charge in [-0.15, -0.1) is 5.10 Å². The van der Waals surface area contributed by atoms with Crippen molar-refractivity contribution >= 4 is 17.8 Å². The fourth-order valence-electron chi connectivity index (χ4n) is 3.11. The number of amides is 2. The summed E-state index contributed by atoms with van der Waals surface area (Å²) in [5.41, 5.74) is 0.873. The third-order valence-electron chi connectivity index (χ3n) is 4.57. The maximum Gasteiger partial charge on any atom is 0.308 e. The van der Waals surface area contributed by atoms with Crippen LogP contribution in [0.2, 0.25) is 0 Å². The molecule has 1 fully saturated rings. The van der Waals surface area contributed by atoms with Crippen molar-refractivity contribution in [1.82, 2.24) is 30.0 Å². The van der Waals surface area contributed by atoms with Gasteiger partial charge in [0.1, 0.15) is 6.33 Å². The van der Waals surface area contributed by atoms with Gasteiger partial charge in [-0.1, -0.05) is 12.1 Å². The molecule has 0 spiro atoms. The second-order valence-electron chi connectivity index (χ2n) is 6.45. The van der Waals surface area contributed by atoms with Gasteiger partial charge in [-0.3, -0.25) is 14.4 Å². The molecule has 0 saturated carbocycles. The number of carbonyl (C=O) groups excluding carboxylic acids is 2. The Labute approximate surface area is 155 Å². The number of benzene rings is 1. The summed E-state index contributed by atoms with van der Waals surface area (Å²) in [5.74, 6) is -2.06. The number of carboxylic acid groups (broad SMARTS) is 1. The quantitative estimate of drug-likeness (QED) is 0.787. The van der Waals surface area contributed by atoms with Crippen molar-refractivity contribution in [2.45, 2.75) is 12.8 Å². The monoisotopic (exact) mass is 372 g/mol. The number of hydrogen-bond acceptors (Lipinski definition) is 6. The lowest BCUT2D eigenvalue weighted by Gasteiger charge is -2.32. The van der Waals surface area contributed by atoms with Crippen LogP contribution in [0.5, 0.6) is 0 Å². The van der Waals surface area contributed by atoms with Crippen molar-refractivity contribution in [2.24, 2.45) is 5.92 Å². The molecule has 2 aromatic rings. The number of rotatable bonds is 5. The Morgan fingerprint density at radius 3 is 2.78 bits per heavy atom. The van der Waals surface area contributed by atoms with Crippen molar-refractivity contribution in [2.75, 3.05) is 26.7 Å². The lowest BCUT2D eigenvalue weighted by Crippen LogP contribution is -2.47. The van der Waals surface area contributed by atoms with E-state index in [0.29, 0.717) is 30.6 Å². The molecule has 1 aromatic carbocycles. The summed E-state index contributed by atoms with van der Waals surface area (Å²) in [4.78, 5) is 39.4. The molecule has 10 nitrogen and oxygen atoms in total. The normalized spacial score (nSPS) is 16.8. The molecule has 1 unspecified atom stereocenters. The molecule has 1 aliphatic rings. The van der Waals surface area contributed by atoms with Gasteiger partial charge < -0.3 is 14.9 Å². The van der Waals surface area contributed by atoms with E-state index < -0.39 is 11.9 Å². The van der Waals surface area contributed by atoms with Crippen LogP contribution in [0.15, 0.2) is 30.6 Å². The Morgan fingerprint density at radius 1 is 1.30 bits per heavy atom. The molecule has 0 radical (unpaired) electrons. The fraction of sp³-hybridized carbons (Fsp3) is 0.412. The van der Waals surface area contributed by atoms with E-state index in [9.17, 15) is 14.4 Å². The first-order valence-electron chi connectivity index (χ1n) is 8.56. The summed E-state index contributed by atoms with van der Waals surface area (Å²) in [6.45, 7) is 0.554. The number of tetrazole rings is 1. The van der Waals surface area contributed by atoms with Gasteiger partial charge in [0.2, 0.25) is 5.91 Å². The molecular weight excluding hydrogens is 352 g/mol. The molecule has 1 aliphatic heterocycles. The third-order valence-corrected chi connectivity index (χ3v) is 4.57. The Kier molecular flexibility index (Phi) is 5.43. The number of hydrogen-bond donors (Lipinski definition) is 1. The van der Waals surface area contributed by atoms with E-state index in [4.69, 9.17) is 5.11 Å². The molecule has 1 saturated heterocycles. The van der Waals surface area contributed by atoms with E-state index in [-0.39, 0.29) is 24.9 Å². The van der Waals surface area contributed by atoms with Gasteiger partial charge in [-0.2, -0.15) is 4.68 Å². The Balaban J connectivity index is 1.70. The zero-order valence-corrected chi connectivity index (χ0v) is 14.9. The molecule has 1 aromatic heterocycles.